The Balaban J connectivity index is 1.18. The minimum atomic E-state index is 0.115. The minimum absolute atomic E-state index is 0.115. The van der Waals surface area contributed by atoms with Gasteiger partial charge in [0.25, 0.3) is 0 Å². The number of para-hydroxylation sites is 1. The average Bonchev–Trinajstić information content (AvgIpc) is 3.38. The van der Waals surface area contributed by atoms with E-state index in [2.05, 4.69) is 64.4 Å². The Hall–Kier alpha value is -2.66. The van der Waals surface area contributed by atoms with Gasteiger partial charge in [0.1, 0.15) is 0 Å². The van der Waals surface area contributed by atoms with Crippen molar-refractivity contribution in [2.75, 3.05) is 6.54 Å². The molecule has 1 saturated heterocycles. The standard InChI is InChI=1S/C29H38N4O/c1-32-21-23(25-11-6-7-12-27(25)32)15-17-29(34)33-18-8-13-28(33)26-16-14-22(20-31-26)19-30-24-9-4-2-3-5-10-24/h6-7,11-12,14,16,20-21,24,28,30H,2-5,8-10,13,15,17-19H2,1H3/t28-/m1/s1. The number of fused-ring (bicyclic) bond motifs is 1. The molecular weight excluding hydrogens is 420 g/mol. The van der Waals surface area contributed by atoms with Gasteiger partial charge in [-0.1, -0.05) is 49.9 Å². The number of aromatic nitrogens is 2. The van der Waals surface area contributed by atoms with E-state index in [1.165, 1.54) is 60.6 Å². The van der Waals surface area contributed by atoms with Crippen LogP contribution in [-0.4, -0.2) is 32.9 Å². The quantitative estimate of drug-likeness (QED) is 0.463. The Bertz CT molecular complexity index is 1100. The van der Waals surface area contributed by atoms with Crippen molar-refractivity contribution in [2.45, 2.75) is 82.8 Å². The van der Waals surface area contributed by atoms with Crippen molar-refractivity contribution >= 4 is 16.8 Å². The van der Waals surface area contributed by atoms with Crippen LogP contribution >= 0.6 is 0 Å². The van der Waals surface area contributed by atoms with E-state index in [1.807, 2.05) is 6.20 Å². The molecule has 1 atom stereocenters. The van der Waals surface area contributed by atoms with E-state index in [-0.39, 0.29) is 11.9 Å². The van der Waals surface area contributed by atoms with Gasteiger partial charge in [-0.3, -0.25) is 9.78 Å². The predicted octanol–water partition coefficient (Wildman–Crippen LogP) is 5.68. The molecule has 2 aliphatic rings. The van der Waals surface area contributed by atoms with E-state index in [4.69, 9.17) is 4.98 Å². The van der Waals surface area contributed by atoms with E-state index in [0.717, 1.165) is 38.0 Å². The van der Waals surface area contributed by atoms with Gasteiger partial charge in [0, 0.05) is 55.9 Å². The molecule has 5 rings (SSSR count). The molecular formula is C29H38N4O. The first-order chi connectivity index (χ1) is 16.7. The van der Waals surface area contributed by atoms with Crippen LogP contribution in [-0.2, 0) is 24.8 Å². The zero-order valence-electron chi connectivity index (χ0n) is 20.5. The topological polar surface area (TPSA) is 50.2 Å². The number of hydrogen-bond donors (Lipinski definition) is 1. The van der Waals surface area contributed by atoms with Crippen molar-refractivity contribution in [3.8, 4) is 0 Å². The van der Waals surface area contributed by atoms with Crippen molar-refractivity contribution < 1.29 is 4.79 Å². The highest BCUT2D eigenvalue weighted by Gasteiger charge is 2.30. The van der Waals surface area contributed by atoms with E-state index in [0.29, 0.717) is 12.5 Å². The number of hydrogen-bond acceptors (Lipinski definition) is 3. The summed E-state index contributed by atoms with van der Waals surface area (Å²) in [5.74, 6) is 0.247. The summed E-state index contributed by atoms with van der Waals surface area (Å²) in [6.07, 6.45) is 15.6. The van der Waals surface area contributed by atoms with Crippen LogP contribution in [0.3, 0.4) is 0 Å². The maximum Gasteiger partial charge on any atom is 0.223 e. The highest BCUT2D eigenvalue weighted by molar-refractivity contribution is 5.85. The molecule has 1 saturated carbocycles. The monoisotopic (exact) mass is 458 g/mol. The molecule has 1 aliphatic carbocycles. The number of likely N-dealkylation sites (tertiary alicyclic amines) is 1. The zero-order valence-corrected chi connectivity index (χ0v) is 20.5. The van der Waals surface area contributed by atoms with E-state index in [9.17, 15) is 4.79 Å². The second-order valence-corrected chi connectivity index (χ2v) is 10.2. The number of amides is 1. The fraction of sp³-hybridized carbons (Fsp3) is 0.517. The SMILES string of the molecule is Cn1cc(CCC(=O)N2CCC[C@@H]2c2ccc(CNC3CCCCCC3)cn2)c2ccccc21. The van der Waals surface area contributed by atoms with E-state index < -0.39 is 0 Å². The normalized spacial score (nSPS) is 19.6. The Morgan fingerprint density at radius 1 is 1.03 bits per heavy atom. The number of aryl methyl sites for hydroxylation is 2. The minimum Gasteiger partial charge on any atom is -0.350 e. The van der Waals surface area contributed by atoms with Crippen LogP contribution in [0, 0.1) is 0 Å². The third kappa shape index (κ3) is 5.20. The summed E-state index contributed by atoms with van der Waals surface area (Å²) < 4.78 is 2.16. The van der Waals surface area contributed by atoms with Crippen molar-refractivity contribution in [2.24, 2.45) is 7.05 Å². The van der Waals surface area contributed by atoms with Gasteiger partial charge in [-0.15, -0.1) is 0 Å². The van der Waals surface area contributed by atoms with Gasteiger partial charge in [-0.2, -0.15) is 0 Å². The van der Waals surface area contributed by atoms with Crippen LogP contribution in [0.5, 0.6) is 0 Å². The fourth-order valence-electron chi connectivity index (χ4n) is 5.87. The Morgan fingerprint density at radius 3 is 2.65 bits per heavy atom. The Kier molecular flexibility index (Phi) is 7.29. The second kappa shape index (κ2) is 10.7. The number of rotatable bonds is 7. The predicted molar refractivity (Wildman–Crippen MR) is 137 cm³/mol. The van der Waals surface area contributed by atoms with Crippen LogP contribution in [0.1, 0.15) is 80.7 Å². The molecule has 1 aromatic carbocycles. The van der Waals surface area contributed by atoms with Gasteiger partial charge in [0.15, 0.2) is 0 Å². The maximum absolute atomic E-state index is 13.2. The van der Waals surface area contributed by atoms with Gasteiger partial charge in [0.05, 0.1) is 11.7 Å². The number of carbonyl (C=O) groups is 1. The van der Waals surface area contributed by atoms with E-state index in [1.54, 1.807) is 0 Å². The molecule has 0 unspecified atom stereocenters. The smallest absolute Gasteiger partial charge is 0.223 e. The molecule has 2 aromatic heterocycles. The van der Waals surface area contributed by atoms with Crippen molar-refractivity contribution in [1.29, 1.82) is 0 Å². The first-order valence-electron chi connectivity index (χ1n) is 13.2. The Morgan fingerprint density at radius 2 is 1.85 bits per heavy atom. The molecule has 5 heteroatoms. The third-order valence-corrected chi connectivity index (χ3v) is 7.80. The molecule has 0 bridgehead atoms. The molecule has 180 valence electrons. The summed E-state index contributed by atoms with van der Waals surface area (Å²) in [6, 6.07) is 13.5. The first kappa shape index (κ1) is 23.1. The lowest BCUT2D eigenvalue weighted by Crippen LogP contribution is -2.31. The molecule has 3 heterocycles. The molecule has 1 amide bonds. The van der Waals surface area contributed by atoms with Gasteiger partial charge in [0.2, 0.25) is 5.91 Å². The van der Waals surface area contributed by atoms with Gasteiger partial charge in [-0.25, -0.2) is 0 Å². The Labute approximate surface area is 203 Å². The molecule has 2 fully saturated rings. The average molecular weight is 459 g/mol. The summed E-state index contributed by atoms with van der Waals surface area (Å²) >= 11 is 0. The van der Waals surface area contributed by atoms with Crippen LogP contribution in [0.15, 0.2) is 48.8 Å². The molecule has 1 N–H and O–H groups in total. The number of carbonyl (C=O) groups excluding carboxylic acids is 1. The van der Waals surface area contributed by atoms with Crippen LogP contribution < -0.4 is 5.32 Å². The lowest BCUT2D eigenvalue weighted by atomic mass is 10.1. The lowest BCUT2D eigenvalue weighted by Gasteiger charge is -2.24. The summed E-state index contributed by atoms with van der Waals surface area (Å²) in [4.78, 5) is 20.1. The highest BCUT2D eigenvalue weighted by atomic mass is 16.2. The second-order valence-electron chi connectivity index (χ2n) is 10.2. The molecule has 5 nitrogen and oxygen atoms in total. The summed E-state index contributed by atoms with van der Waals surface area (Å²) in [5, 5.41) is 4.99. The van der Waals surface area contributed by atoms with Crippen LogP contribution in [0.4, 0.5) is 0 Å². The highest BCUT2D eigenvalue weighted by Crippen LogP contribution is 2.32. The molecule has 0 radical (unpaired) electrons. The van der Waals surface area contributed by atoms with Gasteiger partial charge in [-0.05, 0) is 55.4 Å². The first-order valence-corrected chi connectivity index (χ1v) is 13.2. The summed E-state index contributed by atoms with van der Waals surface area (Å²) in [7, 11) is 2.07. The third-order valence-electron chi connectivity index (χ3n) is 7.80. The largest absolute Gasteiger partial charge is 0.350 e. The van der Waals surface area contributed by atoms with Crippen molar-refractivity contribution in [1.82, 2.24) is 19.8 Å². The molecule has 1 aliphatic heterocycles. The molecule has 0 spiro atoms. The number of pyridine rings is 1. The van der Waals surface area contributed by atoms with Crippen LogP contribution in [0.2, 0.25) is 0 Å². The number of nitrogens with one attached hydrogen (secondary N) is 1. The number of benzene rings is 1. The lowest BCUT2D eigenvalue weighted by molar-refractivity contribution is -0.132. The summed E-state index contributed by atoms with van der Waals surface area (Å²) in [5.41, 5.74) is 4.75. The van der Waals surface area contributed by atoms with Gasteiger partial charge < -0.3 is 14.8 Å². The fourth-order valence-corrected chi connectivity index (χ4v) is 5.87. The zero-order chi connectivity index (χ0) is 23.3. The van der Waals surface area contributed by atoms with Crippen molar-refractivity contribution in [3.05, 3.63) is 65.6 Å². The van der Waals surface area contributed by atoms with Crippen LogP contribution in [0.25, 0.3) is 10.9 Å². The van der Waals surface area contributed by atoms with Crippen molar-refractivity contribution in [3.63, 3.8) is 0 Å². The molecule has 3 aromatic rings. The molecule has 34 heavy (non-hydrogen) atoms. The maximum atomic E-state index is 13.2. The van der Waals surface area contributed by atoms with E-state index >= 15 is 0 Å². The number of nitrogens with zero attached hydrogens (tertiary/aromatic N) is 3. The van der Waals surface area contributed by atoms with Gasteiger partial charge >= 0.3 is 0 Å². The summed E-state index contributed by atoms with van der Waals surface area (Å²) in [6.45, 7) is 1.72.